The Labute approximate surface area is 125 Å². The summed E-state index contributed by atoms with van der Waals surface area (Å²) in [6, 6.07) is 6.82. The minimum absolute atomic E-state index is 0.289. The highest BCUT2D eigenvalue weighted by atomic mass is 16.5. The molecular formula is C13H11N7O2. The molecule has 110 valence electrons. The lowest BCUT2D eigenvalue weighted by Gasteiger charge is -2.05. The Kier molecular flexibility index (Phi) is 3.69. The van der Waals surface area contributed by atoms with Crippen molar-refractivity contribution >= 4 is 11.7 Å². The van der Waals surface area contributed by atoms with E-state index in [1.165, 1.54) is 30.5 Å². The highest BCUT2D eigenvalue weighted by Gasteiger charge is 2.08. The first-order valence-corrected chi connectivity index (χ1v) is 6.27. The van der Waals surface area contributed by atoms with Crippen LogP contribution in [-0.2, 0) is 0 Å². The molecule has 9 heteroatoms. The molecule has 3 rings (SSSR count). The molecule has 1 amide bonds. The predicted octanol–water partition coefficient (Wildman–Crippen LogP) is 0.713. The number of anilines is 1. The fourth-order valence-electron chi connectivity index (χ4n) is 1.72. The van der Waals surface area contributed by atoms with E-state index in [0.717, 1.165) is 5.69 Å². The summed E-state index contributed by atoms with van der Waals surface area (Å²) in [5, 5.41) is 13.5. The third-order valence-corrected chi connectivity index (χ3v) is 2.82. The number of amides is 1. The average molecular weight is 297 g/mol. The summed E-state index contributed by atoms with van der Waals surface area (Å²) in [5.74, 6) is 0.432. The summed E-state index contributed by atoms with van der Waals surface area (Å²) in [6.07, 6.45) is 4.32. The van der Waals surface area contributed by atoms with Crippen molar-refractivity contribution in [1.82, 2.24) is 30.2 Å². The normalized spacial score (nSPS) is 10.2. The molecule has 0 radical (unpaired) electrons. The van der Waals surface area contributed by atoms with Crippen molar-refractivity contribution in [3.63, 3.8) is 0 Å². The molecule has 0 aliphatic carbocycles. The summed E-state index contributed by atoms with van der Waals surface area (Å²) >= 11 is 0. The van der Waals surface area contributed by atoms with Crippen molar-refractivity contribution in [3.8, 4) is 11.6 Å². The van der Waals surface area contributed by atoms with Crippen LogP contribution in [-0.4, -0.2) is 43.2 Å². The van der Waals surface area contributed by atoms with Crippen molar-refractivity contribution in [2.24, 2.45) is 0 Å². The maximum absolute atomic E-state index is 12.1. The lowest BCUT2D eigenvalue weighted by atomic mass is 10.2. The minimum atomic E-state index is -0.289. The van der Waals surface area contributed by atoms with E-state index in [1.54, 1.807) is 24.3 Å². The molecular weight excluding hydrogens is 286 g/mol. The number of hydrogen-bond acceptors (Lipinski definition) is 7. The first-order chi connectivity index (χ1) is 10.8. The van der Waals surface area contributed by atoms with Gasteiger partial charge in [0.15, 0.2) is 5.82 Å². The van der Waals surface area contributed by atoms with Gasteiger partial charge in [0.2, 0.25) is 5.88 Å². The number of tetrazole rings is 1. The molecule has 0 fully saturated rings. The number of ether oxygens (including phenoxy) is 1. The minimum Gasteiger partial charge on any atom is -0.480 e. The first-order valence-electron chi connectivity index (χ1n) is 6.27. The molecule has 0 aliphatic heterocycles. The van der Waals surface area contributed by atoms with Gasteiger partial charge in [0.1, 0.15) is 6.33 Å². The topological polar surface area (TPSA) is 108 Å². The van der Waals surface area contributed by atoms with E-state index in [0.29, 0.717) is 17.3 Å². The second-order valence-corrected chi connectivity index (χ2v) is 4.20. The number of carbonyl (C=O) groups excluding carboxylic acids is 1. The first kappa shape index (κ1) is 13.6. The van der Waals surface area contributed by atoms with Crippen molar-refractivity contribution in [1.29, 1.82) is 0 Å². The van der Waals surface area contributed by atoms with Gasteiger partial charge in [-0.1, -0.05) is 0 Å². The highest BCUT2D eigenvalue weighted by Crippen LogP contribution is 2.11. The lowest BCUT2D eigenvalue weighted by molar-refractivity contribution is 0.102. The van der Waals surface area contributed by atoms with Gasteiger partial charge >= 0.3 is 0 Å². The summed E-state index contributed by atoms with van der Waals surface area (Å²) in [6.45, 7) is 0. The van der Waals surface area contributed by atoms with Gasteiger partial charge in [-0.05, 0) is 34.7 Å². The van der Waals surface area contributed by atoms with Crippen LogP contribution in [0.25, 0.3) is 5.69 Å². The molecule has 0 aliphatic rings. The predicted molar refractivity (Wildman–Crippen MR) is 75.7 cm³/mol. The maximum atomic E-state index is 12.1. The van der Waals surface area contributed by atoms with Crippen LogP contribution in [0.2, 0.25) is 0 Å². The largest absolute Gasteiger partial charge is 0.480 e. The molecule has 22 heavy (non-hydrogen) atoms. The van der Waals surface area contributed by atoms with Crippen LogP contribution in [0.5, 0.6) is 5.88 Å². The molecule has 2 heterocycles. The van der Waals surface area contributed by atoms with Crippen molar-refractivity contribution in [2.75, 3.05) is 12.4 Å². The number of carbonyl (C=O) groups is 1. The molecule has 0 bridgehead atoms. The molecule has 0 saturated heterocycles. The van der Waals surface area contributed by atoms with E-state index in [1.807, 2.05) is 0 Å². The summed E-state index contributed by atoms with van der Waals surface area (Å²) in [7, 11) is 1.49. The molecule has 0 unspecified atom stereocenters. The molecule has 0 saturated carbocycles. The Bertz CT molecular complexity index is 754. The lowest BCUT2D eigenvalue weighted by Crippen LogP contribution is -2.13. The van der Waals surface area contributed by atoms with E-state index in [9.17, 15) is 4.79 Å². The third kappa shape index (κ3) is 2.87. The summed E-state index contributed by atoms with van der Waals surface area (Å²) < 4.78 is 6.40. The Balaban J connectivity index is 1.71. The summed E-state index contributed by atoms with van der Waals surface area (Å²) in [4.78, 5) is 20.1. The number of aromatic nitrogens is 6. The van der Waals surface area contributed by atoms with E-state index >= 15 is 0 Å². The Morgan fingerprint density at radius 3 is 2.59 bits per heavy atom. The van der Waals surface area contributed by atoms with Gasteiger partial charge < -0.3 is 10.1 Å². The van der Waals surface area contributed by atoms with Crippen LogP contribution in [0.3, 0.4) is 0 Å². The monoisotopic (exact) mass is 297 g/mol. The summed E-state index contributed by atoms with van der Waals surface area (Å²) in [5.41, 5.74) is 1.24. The molecule has 2 aromatic heterocycles. The Morgan fingerprint density at radius 2 is 2.00 bits per heavy atom. The van der Waals surface area contributed by atoms with Gasteiger partial charge in [0.05, 0.1) is 25.2 Å². The number of hydrogen-bond donors (Lipinski definition) is 1. The van der Waals surface area contributed by atoms with E-state index in [4.69, 9.17) is 4.74 Å². The van der Waals surface area contributed by atoms with Gasteiger partial charge in [-0.25, -0.2) is 14.6 Å². The number of methoxy groups -OCH3 is 1. The average Bonchev–Trinajstić information content (AvgIpc) is 3.10. The molecule has 3 aromatic rings. The van der Waals surface area contributed by atoms with Crippen LogP contribution in [0.1, 0.15) is 10.4 Å². The maximum Gasteiger partial charge on any atom is 0.256 e. The zero-order valence-corrected chi connectivity index (χ0v) is 11.5. The zero-order chi connectivity index (χ0) is 15.4. The van der Waals surface area contributed by atoms with Gasteiger partial charge in [-0.3, -0.25) is 4.79 Å². The van der Waals surface area contributed by atoms with E-state index < -0.39 is 0 Å². The number of nitrogens with zero attached hydrogens (tertiary/aromatic N) is 6. The second kappa shape index (κ2) is 5.95. The Hall–Kier alpha value is -3.36. The molecule has 0 atom stereocenters. The molecule has 1 N–H and O–H groups in total. The number of benzene rings is 1. The van der Waals surface area contributed by atoms with Gasteiger partial charge in [0.25, 0.3) is 5.91 Å². The van der Waals surface area contributed by atoms with Crippen molar-refractivity contribution < 1.29 is 9.53 Å². The van der Waals surface area contributed by atoms with Gasteiger partial charge in [-0.15, -0.1) is 5.10 Å². The van der Waals surface area contributed by atoms with Gasteiger partial charge in [0, 0.05) is 5.56 Å². The van der Waals surface area contributed by atoms with E-state index in [-0.39, 0.29) is 5.91 Å². The quantitative estimate of drug-likeness (QED) is 0.755. The third-order valence-electron chi connectivity index (χ3n) is 2.82. The van der Waals surface area contributed by atoms with Gasteiger partial charge in [-0.2, -0.15) is 0 Å². The smallest absolute Gasteiger partial charge is 0.256 e. The second-order valence-electron chi connectivity index (χ2n) is 4.20. The Morgan fingerprint density at radius 1 is 1.18 bits per heavy atom. The number of nitrogens with one attached hydrogen (secondary N) is 1. The fraction of sp³-hybridized carbons (Fsp3) is 0.0769. The fourth-order valence-corrected chi connectivity index (χ4v) is 1.72. The van der Waals surface area contributed by atoms with Crippen LogP contribution in [0, 0.1) is 0 Å². The van der Waals surface area contributed by atoms with Crippen molar-refractivity contribution in [2.45, 2.75) is 0 Å². The van der Waals surface area contributed by atoms with Crippen LogP contribution in [0.15, 0.2) is 43.0 Å². The highest BCUT2D eigenvalue weighted by molar-refractivity contribution is 6.03. The van der Waals surface area contributed by atoms with Crippen LogP contribution >= 0.6 is 0 Å². The molecule has 1 aromatic carbocycles. The number of rotatable bonds is 4. The van der Waals surface area contributed by atoms with Crippen LogP contribution in [0.4, 0.5) is 5.82 Å². The SMILES string of the molecule is COc1cnc(NC(=O)c2ccc(-n3cnnn3)cc2)cn1. The van der Waals surface area contributed by atoms with Crippen LogP contribution < -0.4 is 10.1 Å². The zero-order valence-electron chi connectivity index (χ0n) is 11.5. The van der Waals surface area contributed by atoms with Crippen molar-refractivity contribution in [3.05, 3.63) is 48.5 Å². The molecule has 0 spiro atoms. The van der Waals surface area contributed by atoms with E-state index in [2.05, 4.69) is 30.8 Å². The standard InChI is InChI=1S/C13H11N7O2/c1-22-12-7-14-11(6-15-12)17-13(21)9-2-4-10(5-3-9)20-8-16-18-19-20/h2-8H,1H3,(H,14,17,21). The molecule has 9 nitrogen and oxygen atoms in total.